The average molecular weight is 322 g/mol. The zero-order valence-electron chi connectivity index (χ0n) is 13.1. The molecule has 0 aliphatic heterocycles. The van der Waals surface area contributed by atoms with E-state index in [1.54, 1.807) is 6.20 Å². The predicted octanol–water partition coefficient (Wildman–Crippen LogP) is 2.44. The topological polar surface area (TPSA) is 103 Å². The molecule has 4 rings (SSSR count). The number of fused-ring (bicyclic) bond motifs is 1. The fraction of sp³-hybridized carbons (Fsp3) is 0.412. The summed E-state index contributed by atoms with van der Waals surface area (Å²) in [6.07, 6.45) is 9.76. The first kappa shape index (κ1) is 14.8. The molecule has 0 bridgehead atoms. The molecule has 3 heterocycles. The molecule has 7 nitrogen and oxygen atoms in total. The Hall–Kier alpha value is -2.72. The Morgan fingerprint density at radius 2 is 2.33 bits per heavy atom. The lowest BCUT2D eigenvalue weighted by molar-refractivity contribution is 0.0977. The van der Waals surface area contributed by atoms with E-state index in [0.717, 1.165) is 41.6 Å². The molecule has 2 N–H and O–H groups in total. The minimum Gasteiger partial charge on any atom is -0.393 e. The van der Waals surface area contributed by atoms with E-state index in [4.69, 9.17) is 0 Å². The number of aromatic nitrogens is 5. The highest BCUT2D eigenvalue weighted by atomic mass is 16.3. The van der Waals surface area contributed by atoms with E-state index in [-0.39, 0.29) is 18.1 Å². The smallest absolute Gasteiger partial charge is 0.141 e. The van der Waals surface area contributed by atoms with Crippen LogP contribution in [-0.4, -0.2) is 35.9 Å². The highest BCUT2D eigenvalue weighted by Crippen LogP contribution is 2.37. The van der Waals surface area contributed by atoms with Crippen molar-refractivity contribution in [1.82, 2.24) is 24.7 Å². The number of aliphatic hydroxyl groups is 1. The van der Waals surface area contributed by atoms with E-state index >= 15 is 0 Å². The lowest BCUT2D eigenvalue weighted by Gasteiger charge is -2.24. The van der Waals surface area contributed by atoms with E-state index in [2.05, 4.69) is 26.1 Å². The predicted molar refractivity (Wildman–Crippen MR) is 87.7 cm³/mol. The summed E-state index contributed by atoms with van der Waals surface area (Å²) in [6.45, 7) is 0. The van der Waals surface area contributed by atoms with E-state index in [9.17, 15) is 10.4 Å². The monoisotopic (exact) mass is 322 g/mol. The van der Waals surface area contributed by atoms with Crippen LogP contribution in [0.5, 0.6) is 0 Å². The first-order chi connectivity index (χ1) is 11.8. The van der Waals surface area contributed by atoms with Crippen LogP contribution in [-0.2, 0) is 0 Å². The second kappa shape index (κ2) is 6.06. The molecule has 0 saturated heterocycles. The van der Waals surface area contributed by atoms with Crippen molar-refractivity contribution in [2.45, 2.75) is 37.8 Å². The number of nitrogens with one attached hydrogen (secondary N) is 1. The number of hydrogen-bond acceptors (Lipinski definition) is 5. The van der Waals surface area contributed by atoms with Gasteiger partial charge in [0, 0.05) is 29.3 Å². The molecule has 7 heteroatoms. The van der Waals surface area contributed by atoms with Crippen LogP contribution in [0.15, 0.2) is 31.0 Å². The van der Waals surface area contributed by atoms with Crippen LogP contribution in [0.3, 0.4) is 0 Å². The van der Waals surface area contributed by atoms with Crippen LogP contribution in [0.4, 0.5) is 0 Å². The summed E-state index contributed by atoms with van der Waals surface area (Å²) < 4.78 is 1.82. The van der Waals surface area contributed by atoms with Gasteiger partial charge in [0.15, 0.2) is 0 Å². The van der Waals surface area contributed by atoms with Gasteiger partial charge in [-0.25, -0.2) is 9.97 Å². The molecule has 0 aromatic carbocycles. The third-order valence-corrected chi connectivity index (χ3v) is 4.89. The quantitative estimate of drug-likeness (QED) is 0.768. The van der Waals surface area contributed by atoms with Crippen LogP contribution >= 0.6 is 0 Å². The molecule has 0 amide bonds. The van der Waals surface area contributed by atoms with Crippen LogP contribution in [0.2, 0.25) is 0 Å². The zero-order valence-corrected chi connectivity index (χ0v) is 13.1. The Kier molecular flexibility index (Phi) is 3.75. The molecule has 122 valence electrons. The maximum absolute atomic E-state index is 10.2. The zero-order chi connectivity index (χ0) is 16.5. The SMILES string of the molecule is N#CC[C@@H]([C@H]1CCC[C@H]1O)n1cc(-c2ncnc3[nH]ccc23)cn1. The highest BCUT2D eigenvalue weighted by molar-refractivity contribution is 5.89. The lowest BCUT2D eigenvalue weighted by Crippen LogP contribution is -2.26. The first-order valence-electron chi connectivity index (χ1n) is 8.15. The summed E-state index contributed by atoms with van der Waals surface area (Å²) >= 11 is 0. The largest absolute Gasteiger partial charge is 0.393 e. The number of aromatic amines is 1. The van der Waals surface area contributed by atoms with Gasteiger partial charge >= 0.3 is 0 Å². The van der Waals surface area contributed by atoms with E-state index in [1.807, 2.05) is 23.1 Å². The van der Waals surface area contributed by atoms with Gasteiger partial charge in [0.2, 0.25) is 0 Å². The van der Waals surface area contributed by atoms with Crippen molar-refractivity contribution in [1.29, 1.82) is 5.26 Å². The van der Waals surface area contributed by atoms with Gasteiger partial charge < -0.3 is 10.1 Å². The van der Waals surface area contributed by atoms with Gasteiger partial charge in [-0.3, -0.25) is 4.68 Å². The third-order valence-electron chi connectivity index (χ3n) is 4.89. The number of hydrogen-bond donors (Lipinski definition) is 2. The Morgan fingerprint density at radius 3 is 3.12 bits per heavy atom. The molecule has 0 unspecified atom stereocenters. The van der Waals surface area contributed by atoms with Crippen LogP contribution < -0.4 is 0 Å². The fourth-order valence-electron chi connectivity index (χ4n) is 3.70. The van der Waals surface area contributed by atoms with E-state index in [0.29, 0.717) is 6.42 Å². The van der Waals surface area contributed by atoms with Crippen molar-refractivity contribution in [2.75, 3.05) is 0 Å². The van der Waals surface area contributed by atoms with Gasteiger partial charge in [0.1, 0.15) is 12.0 Å². The Labute approximate surface area is 139 Å². The Bertz CT molecular complexity index is 892. The molecule has 3 atom stereocenters. The van der Waals surface area contributed by atoms with Gasteiger partial charge in [-0.2, -0.15) is 10.4 Å². The maximum Gasteiger partial charge on any atom is 0.141 e. The second-order valence-electron chi connectivity index (χ2n) is 6.26. The van der Waals surface area contributed by atoms with Gasteiger partial charge in [-0.1, -0.05) is 6.42 Å². The number of H-pyrrole nitrogens is 1. The Morgan fingerprint density at radius 1 is 1.42 bits per heavy atom. The van der Waals surface area contributed by atoms with Crippen molar-refractivity contribution in [3.8, 4) is 17.3 Å². The molecule has 1 saturated carbocycles. The van der Waals surface area contributed by atoms with Crippen LogP contribution in [0.25, 0.3) is 22.3 Å². The number of aliphatic hydroxyl groups excluding tert-OH is 1. The summed E-state index contributed by atoms with van der Waals surface area (Å²) in [5, 5.41) is 24.8. The van der Waals surface area contributed by atoms with Crippen molar-refractivity contribution in [3.63, 3.8) is 0 Å². The Balaban J connectivity index is 1.70. The molecule has 1 fully saturated rings. The minimum atomic E-state index is -0.355. The van der Waals surface area contributed by atoms with Gasteiger partial charge in [-0.05, 0) is 18.9 Å². The standard InChI is InChI=1S/C17H18N6O/c18-6-4-14(12-2-1-3-15(12)24)23-9-11(8-22-23)16-13-5-7-19-17(13)21-10-20-16/h5,7-10,12,14-15,24H,1-4H2,(H,19,20,21)/t12-,14+,15-/m1/s1. The van der Waals surface area contributed by atoms with E-state index in [1.165, 1.54) is 6.33 Å². The number of rotatable bonds is 4. The molecule has 3 aromatic rings. The van der Waals surface area contributed by atoms with Gasteiger partial charge in [0.25, 0.3) is 0 Å². The summed E-state index contributed by atoms with van der Waals surface area (Å²) in [7, 11) is 0. The molecular weight excluding hydrogens is 304 g/mol. The summed E-state index contributed by atoms with van der Waals surface area (Å²) in [5.41, 5.74) is 2.49. The number of nitriles is 1. The van der Waals surface area contributed by atoms with Crippen LogP contribution in [0.1, 0.15) is 31.7 Å². The fourth-order valence-corrected chi connectivity index (χ4v) is 3.70. The van der Waals surface area contributed by atoms with E-state index < -0.39 is 0 Å². The molecule has 0 spiro atoms. The minimum absolute atomic E-state index is 0.0788. The van der Waals surface area contributed by atoms with Crippen molar-refractivity contribution in [3.05, 3.63) is 31.0 Å². The highest BCUT2D eigenvalue weighted by Gasteiger charge is 2.34. The summed E-state index contributed by atoms with van der Waals surface area (Å²) in [6, 6.07) is 4.07. The molecule has 3 aromatic heterocycles. The van der Waals surface area contributed by atoms with Crippen molar-refractivity contribution < 1.29 is 5.11 Å². The molecule has 24 heavy (non-hydrogen) atoms. The third kappa shape index (κ3) is 2.45. The molecular formula is C17H18N6O. The van der Waals surface area contributed by atoms with Crippen molar-refractivity contribution >= 4 is 11.0 Å². The average Bonchev–Trinajstić information content (AvgIpc) is 3.32. The summed E-state index contributed by atoms with van der Waals surface area (Å²) in [4.78, 5) is 11.7. The normalized spacial score (nSPS) is 21.8. The van der Waals surface area contributed by atoms with Crippen LogP contribution in [0, 0.1) is 17.2 Å². The molecule has 1 aliphatic carbocycles. The first-order valence-corrected chi connectivity index (χ1v) is 8.15. The molecule has 1 aliphatic rings. The van der Waals surface area contributed by atoms with Gasteiger partial charge in [0.05, 0.1) is 36.5 Å². The summed E-state index contributed by atoms with van der Waals surface area (Å²) in [5.74, 6) is 0.0788. The maximum atomic E-state index is 10.2. The van der Waals surface area contributed by atoms with Crippen molar-refractivity contribution in [2.24, 2.45) is 5.92 Å². The number of nitrogens with zero attached hydrogens (tertiary/aromatic N) is 5. The lowest BCUT2D eigenvalue weighted by atomic mass is 9.94. The second-order valence-corrected chi connectivity index (χ2v) is 6.26. The molecule has 0 radical (unpaired) electrons. The van der Waals surface area contributed by atoms with Gasteiger partial charge in [-0.15, -0.1) is 0 Å².